The minimum absolute atomic E-state index is 0.00436. The summed E-state index contributed by atoms with van der Waals surface area (Å²) >= 11 is 5.80. The van der Waals surface area contributed by atoms with E-state index in [1.165, 1.54) is 24.3 Å². The molecular weight excluding hydrogens is 374 g/mol. The summed E-state index contributed by atoms with van der Waals surface area (Å²) in [4.78, 5) is 0.00436. The van der Waals surface area contributed by atoms with Gasteiger partial charge < -0.3 is 4.42 Å². The van der Waals surface area contributed by atoms with Crippen LogP contribution in [0.5, 0.6) is 0 Å². The fourth-order valence-corrected chi connectivity index (χ4v) is 3.74. The van der Waals surface area contributed by atoms with E-state index in [9.17, 15) is 8.42 Å². The summed E-state index contributed by atoms with van der Waals surface area (Å²) < 4.78 is 35.6. The SMILES string of the molecule is Cc1oc2ccc3ccccc3c2c1NOS(=O)(=O)c1ccc(Cl)cc1. The number of rotatable bonds is 4. The molecular formula is C19H14ClNO4S. The second kappa shape index (κ2) is 6.32. The minimum Gasteiger partial charge on any atom is -0.459 e. The molecule has 0 saturated carbocycles. The van der Waals surface area contributed by atoms with Crippen LogP contribution in [0.4, 0.5) is 5.69 Å². The Kier molecular flexibility index (Phi) is 4.11. The Morgan fingerprint density at radius 2 is 1.73 bits per heavy atom. The fraction of sp³-hybridized carbons (Fsp3) is 0.0526. The van der Waals surface area contributed by atoms with Crippen molar-refractivity contribution in [2.45, 2.75) is 11.8 Å². The van der Waals surface area contributed by atoms with Gasteiger partial charge in [0.1, 0.15) is 17.0 Å². The predicted octanol–water partition coefficient (Wildman–Crippen LogP) is 5.28. The van der Waals surface area contributed by atoms with Crippen molar-refractivity contribution < 1.29 is 17.1 Å². The van der Waals surface area contributed by atoms with Gasteiger partial charge in [-0.3, -0.25) is 0 Å². The van der Waals surface area contributed by atoms with Crippen molar-refractivity contribution in [2.75, 3.05) is 5.48 Å². The van der Waals surface area contributed by atoms with Gasteiger partial charge >= 0.3 is 10.1 Å². The van der Waals surface area contributed by atoms with E-state index < -0.39 is 10.1 Å². The van der Waals surface area contributed by atoms with Crippen molar-refractivity contribution in [1.29, 1.82) is 0 Å². The first kappa shape index (κ1) is 16.9. The van der Waals surface area contributed by atoms with Gasteiger partial charge in [-0.25, -0.2) is 5.48 Å². The van der Waals surface area contributed by atoms with Gasteiger partial charge in [0.25, 0.3) is 0 Å². The van der Waals surface area contributed by atoms with E-state index in [4.69, 9.17) is 20.3 Å². The molecule has 0 aliphatic carbocycles. The van der Waals surface area contributed by atoms with Gasteiger partial charge in [0.2, 0.25) is 0 Å². The lowest BCUT2D eigenvalue weighted by Crippen LogP contribution is -2.12. The number of nitrogens with one attached hydrogen (secondary N) is 1. The second-order valence-corrected chi connectivity index (χ2v) is 7.77. The lowest BCUT2D eigenvalue weighted by atomic mass is 10.1. The Hall–Kier alpha value is -2.54. The lowest BCUT2D eigenvalue weighted by molar-refractivity contribution is 0.389. The Labute approximate surface area is 155 Å². The number of aryl methyl sites for hydroxylation is 1. The quantitative estimate of drug-likeness (QED) is 0.482. The van der Waals surface area contributed by atoms with Crippen molar-refractivity contribution in [3.63, 3.8) is 0 Å². The smallest absolute Gasteiger partial charge is 0.317 e. The molecule has 4 aromatic rings. The number of hydrogen-bond acceptors (Lipinski definition) is 5. The van der Waals surface area contributed by atoms with Crippen LogP contribution in [-0.2, 0) is 14.4 Å². The van der Waals surface area contributed by atoms with Gasteiger partial charge in [0.15, 0.2) is 0 Å². The van der Waals surface area contributed by atoms with Crippen molar-refractivity contribution in [3.05, 3.63) is 71.4 Å². The zero-order chi connectivity index (χ0) is 18.3. The van der Waals surface area contributed by atoms with Gasteiger partial charge in [-0.15, -0.1) is 4.28 Å². The number of halogens is 1. The molecule has 0 fully saturated rings. The highest BCUT2D eigenvalue weighted by molar-refractivity contribution is 7.86. The molecule has 0 bridgehead atoms. The van der Waals surface area contributed by atoms with Gasteiger partial charge in [0, 0.05) is 5.02 Å². The van der Waals surface area contributed by atoms with Crippen LogP contribution in [0.25, 0.3) is 21.7 Å². The highest BCUT2D eigenvalue weighted by atomic mass is 35.5. The van der Waals surface area contributed by atoms with E-state index in [0.717, 1.165) is 16.2 Å². The monoisotopic (exact) mass is 387 g/mol. The molecule has 0 spiro atoms. The fourth-order valence-electron chi connectivity index (χ4n) is 2.86. The van der Waals surface area contributed by atoms with Crippen LogP contribution >= 0.6 is 11.6 Å². The number of anilines is 1. The molecule has 132 valence electrons. The molecule has 0 aliphatic heterocycles. The maximum Gasteiger partial charge on any atom is 0.317 e. The zero-order valence-electron chi connectivity index (χ0n) is 13.7. The summed E-state index contributed by atoms with van der Waals surface area (Å²) in [6, 6.07) is 17.3. The van der Waals surface area contributed by atoms with Crippen LogP contribution in [0, 0.1) is 6.92 Å². The molecule has 0 atom stereocenters. The van der Waals surface area contributed by atoms with Crippen molar-refractivity contribution in [1.82, 2.24) is 0 Å². The van der Waals surface area contributed by atoms with Gasteiger partial charge in [0.05, 0.1) is 10.3 Å². The number of benzene rings is 3. The molecule has 26 heavy (non-hydrogen) atoms. The number of fused-ring (bicyclic) bond motifs is 3. The van der Waals surface area contributed by atoms with Gasteiger partial charge in [-0.1, -0.05) is 41.9 Å². The highest BCUT2D eigenvalue weighted by Crippen LogP contribution is 2.36. The zero-order valence-corrected chi connectivity index (χ0v) is 15.3. The molecule has 1 heterocycles. The van der Waals surface area contributed by atoms with Crippen molar-refractivity contribution >= 4 is 49.1 Å². The molecule has 0 amide bonds. The molecule has 0 aliphatic rings. The van der Waals surface area contributed by atoms with Crippen LogP contribution < -0.4 is 5.48 Å². The average molecular weight is 388 g/mol. The molecule has 5 nitrogen and oxygen atoms in total. The summed E-state index contributed by atoms with van der Waals surface area (Å²) in [5.41, 5.74) is 3.70. The van der Waals surface area contributed by atoms with E-state index in [0.29, 0.717) is 22.1 Å². The number of hydrogen-bond donors (Lipinski definition) is 1. The first-order chi connectivity index (χ1) is 12.5. The van der Waals surface area contributed by atoms with Crippen LogP contribution in [0.1, 0.15) is 5.76 Å². The van der Waals surface area contributed by atoms with E-state index in [1.807, 2.05) is 36.4 Å². The van der Waals surface area contributed by atoms with Crippen molar-refractivity contribution in [3.8, 4) is 0 Å². The topological polar surface area (TPSA) is 68.5 Å². The Balaban J connectivity index is 1.74. The molecule has 3 aromatic carbocycles. The molecule has 1 N–H and O–H groups in total. The minimum atomic E-state index is -4.00. The molecule has 0 unspecified atom stereocenters. The lowest BCUT2D eigenvalue weighted by Gasteiger charge is -2.08. The molecule has 1 aromatic heterocycles. The van der Waals surface area contributed by atoms with Crippen molar-refractivity contribution in [2.24, 2.45) is 0 Å². The number of furan rings is 1. The first-order valence-electron chi connectivity index (χ1n) is 7.81. The molecule has 0 radical (unpaired) electrons. The third kappa shape index (κ3) is 2.92. The Morgan fingerprint density at radius 1 is 1.00 bits per heavy atom. The normalized spacial score (nSPS) is 11.9. The van der Waals surface area contributed by atoms with E-state index >= 15 is 0 Å². The molecule has 0 saturated heterocycles. The summed E-state index contributed by atoms with van der Waals surface area (Å²) in [5, 5.41) is 3.17. The maximum atomic E-state index is 12.4. The van der Waals surface area contributed by atoms with Crippen LogP contribution in [-0.4, -0.2) is 8.42 Å². The average Bonchev–Trinajstić information content (AvgIpc) is 2.96. The maximum absolute atomic E-state index is 12.4. The summed E-state index contributed by atoms with van der Waals surface area (Å²) in [6.45, 7) is 1.75. The largest absolute Gasteiger partial charge is 0.459 e. The summed E-state index contributed by atoms with van der Waals surface area (Å²) in [7, 11) is -4.00. The standard InChI is InChI=1S/C19H14ClNO4S/c1-12-19(21-25-26(22,23)15-9-7-14(20)8-10-15)18-16-5-3-2-4-13(16)6-11-17(18)24-12/h2-11,21H,1H3. The third-order valence-corrected chi connectivity index (χ3v) is 5.52. The third-order valence-electron chi connectivity index (χ3n) is 4.11. The summed E-state index contributed by atoms with van der Waals surface area (Å²) in [5.74, 6) is 0.530. The predicted molar refractivity (Wildman–Crippen MR) is 102 cm³/mol. The first-order valence-corrected chi connectivity index (χ1v) is 9.60. The van der Waals surface area contributed by atoms with Crippen LogP contribution in [0.15, 0.2) is 70.0 Å². The molecule has 7 heteroatoms. The van der Waals surface area contributed by atoms with Gasteiger partial charge in [-0.05, 0) is 48.0 Å². The van der Waals surface area contributed by atoms with Crippen LogP contribution in [0.3, 0.4) is 0 Å². The van der Waals surface area contributed by atoms with E-state index in [-0.39, 0.29) is 4.90 Å². The van der Waals surface area contributed by atoms with Gasteiger partial charge in [-0.2, -0.15) is 8.42 Å². The second-order valence-electron chi connectivity index (χ2n) is 5.79. The van der Waals surface area contributed by atoms with E-state index in [2.05, 4.69) is 5.48 Å². The Bertz CT molecular complexity index is 1210. The highest BCUT2D eigenvalue weighted by Gasteiger charge is 2.19. The Morgan fingerprint density at radius 3 is 2.50 bits per heavy atom. The van der Waals surface area contributed by atoms with E-state index in [1.54, 1.807) is 6.92 Å². The summed E-state index contributed by atoms with van der Waals surface area (Å²) in [6.07, 6.45) is 0. The van der Waals surface area contributed by atoms with Crippen LogP contribution in [0.2, 0.25) is 5.02 Å². The molecule has 4 rings (SSSR count).